The number of nitrogens with zero attached hydrogens (tertiary/aromatic N) is 3. The van der Waals surface area contributed by atoms with E-state index in [2.05, 4.69) is 4.98 Å². The van der Waals surface area contributed by atoms with Crippen molar-refractivity contribution >= 4 is 6.29 Å². The number of aryl methyl sites for hydroxylation is 1. The molecule has 0 aliphatic rings. The fourth-order valence-corrected chi connectivity index (χ4v) is 0.956. The lowest BCUT2D eigenvalue weighted by Gasteiger charge is -1.99. The third-order valence-electron chi connectivity index (χ3n) is 1.54. The maximum absolute atomic E-state index is 10.4. The molecule has 0 unspecified atom stereocenters. The van der Waals surface area contributed by atoms with E-state index in [0.717, 1.165) is 6.42 Å². The van der Waals surface area contributed by atoms with Crippen molar-refractivity contribution in [3.05, 3.63) is 18.2 Å². The first-order valence-electron chi connectivity index (χ1n) is 3.71. The zero-order valence-corrected chi connectivity index (χ0v) is 6.60. The summed E-state index contributed by atoms with van der Waals surface area (Å²) in [7, 11) is 0. The van der Waals surface area contributed by atoms with Gasteiger partial charge in [0.2, 0.25) is 0 Å². The Balaban J connectivity index is 2.51. The largest absolute Gasteiger partial charge is 0.329 e. The Morgan fingerprint density at radius 2 is 2.58 bits per heavy atom. The quantitative estimate of drug-likeness (QED) is 0.491. The number of carbonyl (C=O) groups is 1. The van der Waals surface area contributed by atoms with E-state index in [1.165, 1.54) is 0 Å². The molecule has 0 amide bonds. The average molecular weight is 163 g/mol. The van der Waals surface area contributed by atoms with Crippen molar-refractivity contribution in [2.45, 2.75) is 19.4 Å². The molecular formula is C8H9N3O. The maximum Gasteiger partial charge on any atom is 0.185 e. The molecule has 0 saturated carbocycles. The highest BCUT2D eigenvalue weighted by Gasteiger charge is 1.98. The van der Waals surface area contributed by atoms with Crippen molar-refractivity contribution < 1.29 is 4.79 Å². The van der Waals surface area contributed by atoms with Crippen LogP contribution in [-0.2, 0) is 6.54 Å². The Kier molecular flexibility index (Phi) is 3.03. The minimum absolute atomic E-state index is 0.424. The van der Waals surface area contributed by atoms with Crippen molar-refractivity contribution in [1.82, 2.24) is 9.55 Å². The van der Waals surface area contributed by atoms with Crippen molar-refractivity contribution in [2.75, 3.05) is 0 Å². The molecule has 1 heterocycles. The summed E-state index contributed by atoms with van der Waals surface area (Å²) in [5.41, 5.74) is 0. The van der Waals surface area contributed by atoms with Gasteiger partial charge >= 0.3 is 0 Å². The fraction of sp³-hybridized carbons (Fsp3) is 0.375. The number of aldehydes is 1. The maximum atomic E-state index is 10.4. The smallest absolute Gasteiger partial charge is 0.185 e. The predicted octanol–water partition coefficient (Wildman–Crippen LogP) is 0.999. The number of hydrogen-bond acceptors (Lipinski definition) is 3. The monoisotopic (exact) mass is 163 g/mol. The molecule has 0 saturated heterocycles. The molecule has 0 radical (unpaired) electrons. The lowest BCUT2D eigenvalue weighted by atomic mass is 10.3. The molecule has 0 spiro atoms. The van der Waals surface area contributed by atoms with Gasteiger partial charge in [0, 0.05) is 25.4 Å². The molecule has 0 atom stereocenters. The molecular weight excluding hydrogens is 154 g/mol. The summed E-state index contributed by atoms with van der Waals surface area (Å²) in [4.78, 5) is 14.2. The predicted molar refractivity (Wildman–Crippen MR) is 42.5 cm³/mol. The highest BCUT2D eigenvalue weighted by Crippen LogP contribution is 1.98. The van der Waals surface area contributed by atoms with Crippen LogP contribution in [0.3, 0.4) is 0 Å². The second-order valence-corrected chi connectivity index (χ2v) is 2.36. The summed E-state index contributed by atoms with van der Waals surface area (Å²) in [5.74, 6) is 0.424. The molecule has 4 nitrogen and oxygen atoms in total. The molecule has 12 heavy (non-hydrogen) atoms. The van der Waals surface area contributed by atoms with Gasteiger partial charge in [0.05, 0.1) is 6.07 Å². The number of carbonyl (C=O) groups excluding carboxylic acids is 1. The Labute approximate surface area is 70.4 Å². The molecule has 0 aliphatic heterocycles. The van der Waals surface area contributed by atoms with Gasteiger partial charge in [0.15, 0.2) is 12.1 Å². The number of rotatable bonds is 4. The third kappa shape index (κ3) is 1.92. The van der Waals surface area contributed by atoms with Crippen LogP contribution in [0.4, 0.5) is 0 Å². The first kappa shape index (κ1) is 8.47. The zero-order valence-electron chi connectivity index (χ0n) is 6.60. The highest BCUT2D eigenvalue weighted by atomic mass is 16.1. The van der Waals surface area contributed by atoms with Crippen LogP contribution in [0.1, 0.15) is 23.5 Å². The summed E-state index contributed by atoms with van der Waals surface area (Å²) in [6.45, 7) is 0.682. The molecule has 0 aliphatic carbocycles. The summed E-state index contributed by atoms with van der Waals surface area (Å²) in [5, 5.41) is 8.28. The van der Waals surface area contributed by atoms with Crippen LogP contribution < -0.4 is 0 Å². The topological polar surface area (TPSA) is 58.7 Å². The lowest BCUT2D eigenvalue weighted by molar-refractivity contribution is 0.111. The van der Waals surface area contributed by atoms with E-state index in [1.54, 1.807) is 17.0 Å². The second kappa shape index (κ2) is 4.29. The first-order chi connectivity index (χ1) is 5.88. The minimum Gasteiger partial charge on any atom is -0.329 e. The Hall–Kier alpha value is -1.63. The molecule has 1 aromatic rings. The number of hydrogen-bond donors (Lipinski definition) is 0. The first-order valence-corrected chi connectivity index (χ1v) is 3.71. The van der Waals surface area contributed by atoms with E-state index >= 15 is 0 Å². The molecule has 62 valence electrons. The standard InChI is InChI=1S/C8H9N3O/c9-3-1-2-5-11-6-4-10-8(11)7-12/h4,6-7H,1-2,5H2. The van der Waals surface area contributed by atoms with E-state index in [-0.39, 0.29) is 0 Å². The van der Waals surface area contributed by atoms with Crippen LogP contribution in [0, 0.1) is 11.3 Å². The van der Waals surface area contributed by atoms with E-state index in [9.17, 15) is 4.79 Å². The normalized spacial score (nSPS) is 9.25. The molecule has 1 aromatic heterocycles. The number of nitriles is 1. The van der Waals surface area contributed by atoms with Gasteiger partial charge in [0.25, 0.3) is 0 Å². The van der Waals surface area contributed by atoms with Gasteiger partial charge in [-0.3, -0.25) is 4.79 Å². The van der Waals surface area contributed by atoms with Gasteiger partial charge in [-0.25, -0.2) is 4.98 Å². The van der Waals surface area contributed by atoms with Crippen LogP contribution in [-0.4, -0.2) is 15.8 Å². The molecule has 4 heteroatoms. The van der Waals surface area contributed by atoms with Gasteiger partial charge in [-0.15, -0.1) is 0 Å². The average Bonchev–Trinajstić information content (AvgIpc) is 2.52. The van der Waals surface area contributed by atoms with Crippen LogP contribution in [0.25, 0.3) is 0 Å². The fourth-order valence-electron chi connectivity index (χ4n) is 0.956. The van der Waals surface area contributed by atoms with E-state index in [0.29, 0.717) is 25.1 Å². The molecule has 0 fully saturated rings. The Morgan fingerprint density at radius 3 is 3.25 bits per heavy atom. The van der Waals surface area contributed by atoms with Crippen molar-refractivity contribution in [3.8, 4) is 6.07 Å². The van der Waals surface area contributed by atoms with Gasteiger partial charge in [-0.1, -0.05) is 0 Å². The Morgan fingerprint density at radius 1 is 1.75 bits per heavy atom. The van der Waals surface area contributed by atoms with Gasteiger partial charge in [-0.2, -0.15) is 5.26 Å². The van der Waals surface area contributed by atoms with E-state index in [4.69, 9.17) is 5.26 Å². The van der Waals surface area contributed by atoms with Gasteiger partial charge < -0.3 is 4.57 Å². The minimum atomic E-state index is 0.424. The van der Waals surface area contributed by atoms with Crippen LogP contribution in [0.2, 0.25) is 0 Å². The summed E-state index contributed by atoms with van der Waals surface area (Å²) in [6.07, 6.45) is 5.30. The van der Waals surface area contributed by atoms with E-state index < -0.39 is 0 Å². The third-order valence-corrected chi connectivity index (χ3v) is 1.54. The number of imidazole rings is 1. The van der Waals surface area contributed by atoms with Gasteiger partial charge in [-0.05, 0) is 6.42 Å². The highest BCUT2D eigenvalue weighted by molar-refractivity contribution is 5.69. The van der Waals surface area contributed by atoms with E-state index in [1.807, 2.05) is 6.07 Å². The SMILES string of the molecule is N#CCCCn1ccnc1C=O. The molecule has 1 rings (SSSR count). The summed E-state index contributed by atoms with van der Waals surface area (Å²) >= 11 is 0. The van der Waals surface area contributed by atoms with Crippen molar-refractivity contribution in [1.29, 1.82) is 5.26 Å². The van der Waals surface area contributed by atoms with Crippen LogP contribution >= 0.6 is 0 Å². The summed E-state index contributed by atoms with van der Waals surface area (Å²) in [6, 6.07) is 2.05. The van der Waals surface area contributed by atoms with Crippen LogP contribution in [0.5, 0.6) is 0 Å². The van der Waals surface area contributed by atoms with Gasteiger partial charge in [0.1, 0.15) is 0 Å². The molecule has 0 bridgehead atoms. The number of aromatic nitrogens is 2. The summed E-state index contributed by atoms with van der Waals surface area (Å²) < 4.78 is 1.74. The van der Waals surface area contributed by atoms with Crippen molar-refractivity contribution in [3.63, 3.8) is 0 Å². The zero-order chi connectivity index (χ0) is 8.81. The number of unbranched alkanes of at least 4 members (excludes halogenated alkanes) is 1. The molecule has 0 N–H and O–H groups in total. The lowest BCUT2D eigenvalue weighted by Crippen LogP contribution is -2.01. The second-order valence-electron chi connectivity index (χ2n) is 2.36. The Bertz CT molecular complexity index is 297. The molecule has 0 aromatic carbocycles. The van der Waals surface area contributed by atoms with Crippen LogP contribution in [0.15, 0.2) is 12.4 Å². The van der Waals surface area contributed by atoms with Crippen molar-refractivity contribution in [2.24, 2.45) is 0 Å².